The van der Waals surface area contributed by atoms with Crippen molar-refractivity contribution in [3.63, 3.8) is 0 Å². The normalized spacial score (nSPS) is 26.7. The summed E-state index contributed by atoms with van der Waals surface area (Å²) in [4.78, 5) is 40.4. The summed E-state index contributed by atoms with van der Waals surface area (Å²) < 4.78 is 4.48. The number of hydrogen-bond donors (Lipinski definition) is 0. The van der Waals surface area contributed by atoms with Gasteiger partial charge in [-0.3, -0.25) is 4.79 Å². The maximum absolute atomic E-state index is 10.4. The smallest absolute Gasteiger partial charge is 0.681 e. The van der Waals surface area contributed by atoms with Crippen molar-refractivity contribution >= 4 is 13.5 Å². The minimum Gasteiger partial charge on any atom is -0.681 e. The van der Waals surface area contributed by atoms with Crippen molar-refractivity contribution < 1.29 is 127 Å². The molecule has 1 aliphatic rings. The second-order valence-electron chi connectivity index (χ2n) is 2.10. The quantitative estimate of drug-likeness (QED) is 0.272. The van der Waals surface area contributed by atoms with Crippen LogP contribution in [-0.4, -0.2) is 17.7 Å². The van der Waals surface area contributed by atoms with Gasteiger partial charge in [-0.15, -0.1) is 0 Å². The molecule has 2 atom stereocenters. The maximum atomic E-state index is 10.4. The second-order valence-corrected chi connectivity index (χ2v) is 3.53. The molecular formula is C4H5K2O5P. The number of hydrogen-bond acceptors (Lipinski definition) is 5. The van der Waals surface area contributed by atoms with Gasteiger partial charge < -0.3 is 19.4 Å². The molecule has 1 aliphatic heterocycles. The van der Waals surface area contributed by atoms with Crippen molar-refractivity contribution in [1.82, 2.24) is 0 Å². The number of rotatable bonds is 2. The van der Waals surface area contributed by atoms with Crippen LogP contribution in [0.15, 0.2) is 0 Å². The van der Waals surface area contributed by atoms with E-state index in [1.165, 1.54) is 6.92 Å². The summed E-state index contributed by atoms with van der Waals surface area (Å²) in [5.74, 6) is 0. The first kappa shape index (κ1) is 17.6. The Balaban J connectivity index is 0. The molecule has 1 heterocycles. The van der Waals surface area contributed by atoms with E-state index in [9.17, 15) is 19.5 Å². The Morgan fingerprint density at radius 2 is 1.67 bits per heavy atom. The zero-order valence-electron chi connectivity index (χ0n) is 7.14. The number of epoxide rings is 1. The Kier molecular flexibility index (Phi) is 9.86. The van der Waals surface area contributed by atoms with Gasteiger partial charge >= 0.3 is 103 Å². The second kappa shape index (κ2) is 6.72. The largest absolute Gasteiger partial charge is 1.00 e. The van der Waals surface area contributed by atoms with E-state index in [-0.39, 0.29) is 103 Å². The Morgan fingerprint density at radius 3 is 1.75 bits per heavy atom. The summed E-state index contributed by atoms with van der Waals surface area (Å²) in [6.07, 6.45) is -1.41. The summed E-state index contributed by atoms with van der Waals surface area (Å²) in [6.45, 7) is 1.53. The van der Waals surface area contributed by atoms with Crippen LogP contribution >= 0.6 is 7.94 Å². The van der Waals surface area contributed by atoms with Gasteiger partial charge in [-0.05, 0) is 6.92 Å². The van der Waals surface area contributed by atoms with E-state index >= 15 is 0 Å². The summed E-state index contributed by atoms with van der Waals surface area (Å²) in [5, 5.41) is 0. The van der Waals surface area contributed by atoms with E-state index in [2.05, 4.69) is 4.74 Å². The van der Waals surface area contributed by atoms with Gasteiger partial charge in [0.05, 0.1) is 6.10 Å². The van der Waals surface area contributed by atoms with Crippen molar-refractivity contribution in [2.45, 2.75) is 19.1 Å². The Morgan fingerprint density at radius 1 is 1.33 bits per heavy atom. The third-order valence-corrected chi connectivity index (χ3v) is 2.02. The molecule has 0 unspecified atom stereocenters. The third-order valence-electron chi connectivity index (χ3n) is 1.22. The Labute approximate surface area is 156 Å². The van der Waals surface area contributed by atoms with E-state index < -0.39 is 25.7 Å². The topological polar surface area (TPSA) is 98.8 Å². The molecule has 0 aromatic carbocycles. The number of ether oxygens (including phenoxy) is 1. The molecular weight excluding hydrogens is 237 g/mol. The van der Waals surface area contributed by atoms with E-state index in [0.717, 1.165) is 0 Å². The van der Waals surface area contributed by atoms with Crippen LogP contribution in [0.25, 0.3) is 0 Å². The molecule has 0 radical (unpaired) electrons. The van der Waals surface area contributed by atoms with Crippen molar-refractivity contribution in [2.24, 2.45) is 0 Å². The van der Waals surface area contributed by atoms with E-state index in [4.69, 9.17) is 0 Å². The molecule has 1 saturated heterocycles. The summed E-state index contributed by atoms with van der Waals surface area (Å²) in [6, 6.07) is 0. The molecule has 12 heavy (non-hydrogen) atoms. The van der Waals surface area contributed by atoms with Gasteiger partial charge in [0.15, 0.2) is 6.10 Å². The first-order valence-electron chi connectivity index (χ1n) is 2.65. The molecule has 0 N–H and O–H groups in total. The maximum Gasteiger partial charge on any atom is 1.00 e. The third kappa shape index (κ3) is 5.34. The molecule has 0 aromatic rings. The fraction of sp³-hybridized carbons (Fsp3) is 0.750. The van der Waals surface area contributed by atoms with Crippen LogP contribution in [0.2, 0.25) is 0 Å². The SMILES string of the molecule is C[C@H]1O[C@H]1C(=O)[P+]([O-])([O-])[O-].[K+].[K+]. The summed E-state index contributed by atoms with van der Waals surface area (Å²) in [7, 11) is -5.05. The minimum absolute atomic E-state index is 0. The fourth-order valence-corrected chi connectivity index (χ4v) is 1.18. The summed E-state index contributed by atoms with van der Waals surface area (Å²) >= 11 is 0. The van der Waals surface area contributed by atoms with Gasteiger partial charge in [0.1, 0.15) is 0 Å². The molecule has 8 heteroatoms. The van der Waals surface area contributed by atoms with E-state index in [0.29, 0.717) is 0 Å². The Bertz CT molecular complexity index is 169. The molecule has 58 valence electrons. The molecule has 1 fully saturated rings. The first-order valence-corrected chi connectivity index (χ1v) is 4.19. The van der Waals surface area contributed by atoms with Crippen LogP contribution in [0.5, 0.6) is 0 Å². The molecule has 0 bridgehead atoms. The van der Waals surface area contributed by atoms with Gasteiger partial charge in [-0.1, -0.05) is 7.94 Å². The predicted octanol–water partition coefficient (Wildman–Crippen LogP) is -8.85. The number of carbonyl (C=O) groups is 1. The molecule has 0 aromatic heterocycles. The molecule has 0 aliphatic carbocycles. The van der Waals surface area contributed by atoms with Crippen molar-refractivity contribution in [1.29, 1.82) is 0 Å². The van der Waals surface area contributed by atoms with Crippen LogP contribution in [0.3, 0.4) is 0 Å². The zero-order chi connectivity index (χ0) is 7.94. The zero-order valence-corrected chi connectivity index (χ0v) is 14.3. The Hall–Kier alpha value is 3.21. The monoisotopic (exact) mass is 242 g/mol. The van der Waals surface area contributed by atoms with Crippen molar-refractivity contribution in [3.8, 4) is 0 Å². The van der Waals surface area contributed by atoms with Crippen LogP contribution in [0.4, 0.5) is 0 Å². The average molecular weight is 242 g/mol. The fourth-order valence-electron chi connectivity index (χ4n) is 0.601. The molecule has 0 amide bonds. The minimum atomic E-state index is -5.05. The van der Waals surface area contributed by atoms with Crippen LogP contribution in [-0.2, 0) is 9.53 Å². The van der Waals surface area contributed by atoms with Gasteiger partial charge in [0, 0.05) is 0 Å². The van der Waals surface area contributed by atoms with Crippen LogP contribution in [0.1, 0.15) is 6.92 Å². The van der Waals surface area contributed by atoms with Crippen LogP contribution < -0.4 is 117 Å². The molecule has 0 spiro atoms. The summed E-state index contributed by atoms with van der Waals surface area (Å²) in [5.41, 5.74) is -1.33. The van der Waals surface area contributed by atoms with Gasteiger partial charge in [0.2, 0.25) is 0 Å². The van der Waals surface area contributed by atoms with Crippen molar-refractivity contribution in [2.75, 3.05) is 0 Å². The van der Waals surface area contributed by atoms with Gasteiger partial charge in [-0.25, -0.2) is 0 Å². The van der Waals surface area contributed by atoms with E-state index in [1.54, 1.807) is 0 Å². The molecule has 5 nitrogen and oxygen atoms in total. The number of carbonyl (C=O) groups excluding carboxylic acids is 1. The predicted molar refractivity (Wildman–Crippen MR) is 26.3 cm³/mol. The molecule has 0 saturated carbocycles. The van der Waals surface area contributed by atoms with Gasteiger partial charge in [-0.2, -0.15) is 0 Å². The van der Waals surface area contributed by atoms with Crippen LogP contribution in [0, 0.1) is 0 Å². The first-order chi connectivity index (χ1) is 4.43. The van der Waals surface area contributed by atoms with E-state index in [1.807, 2.05) is 0 Å². The standard InChI is InChI=1S/C4H7O5P.2K/c1-2-3(9-2)4(5)10(6,7)8;;/h2-3H,1H3,(H2,6,7,8);;/q;2*+1/p-2/t2-,3-;;/m1../s1. The average Bonchev–Trinajstić information content (AvgIpc) is 2.42. The van der Waals surface area contributed by atoms with Gasteiger partial charge in [0.25, 0.3) is 5.52 Å². The van der Waals surface area contributed by atoms with Crippen molar-refractivity contribution in [3.05, 3.63) is 0 Å². The molecule has 1 rings (SSSR count).